The Labute approximate surface area is 97.4 Å². The third-order valence-corrected chi connectivity index (χ3v) is 1.27. The first-order valence-electron chi connectivity index (χ1n) is 3.30. The Kier molecular flexibility index (Phi) is 19.3. The SMILES string of the molecule is CCCCCOI.ClC(Cl)Cl. The highest BCUT2D eigenvalue weighted by Crippen LogP contribution is 2.03. The van der Waals surface area contributed by atoms with Crippen LogP contribution in [0.4, 0.5) is 0 Å². The molecule has 0 spiro atoms. The van der Waals surface area contributed by atoms with Crippen molar-refractivity contribution in [3.05, 3.63) is 0 Å². The second-order valence-corrected chi connectivity index (χ2v) is 4.37. The van der Waals surface area contributed by atoms with Crippen LogP contribution in [0.1, 0.15) is 26.2 Å². The zero-order valence-corrected chi connectivity index (χ0v) is 10.8. The molecule has 0 aliphatic rings. The summed E-state index contributed by atoms with van der Waals surface area (Å²) in [5.74, 6) is 0. The quantitative estimate of drug-likeness (QED) is 0.417. The maximum atomic E-state index is 4.81. The van der Waals surface area contributed by atoms with Crippen LogP contribution in [0.5, 0.6) is 0 Å². The number of hydrogen-bond donors (Lipinski definition) is 0. The lowest BCUT2D eigenvalue weighted by molar-refractivity contribution is 0.405. The van der Waals surface area contributed by atoms with Gasteiger partial charge in [0.1, 0.15) is 23.0 Å². The molecule has 0 fully saturated rings. The van der Waals surface area contributed by atoms with E-state index in [1.54, 1.807) is 0 Å². The van der Waals surface area contributed by atoms with Crippen LogP contribution in [0.3, 0.4) is 0 Å². The fourth-order valence-electron chi connectivity index (χ4n) is 0.407. The molecule has 0 aliphatic carbocycles. The number of alkyl halides is 3. The summed E-state index contributed by atoms with van der Waals surface area (Å²) in [6.07, 6.45) is 3.78. The Morgan fingerprint density at radius 2 is 1.73 bits per heavy atom. The maximum Gasteiger partial charge on any atom is 0.180 e. The Bertz CT molecular complexity index is 57.0. The zero-order chi connectivity index (χ0) is 9.11. The van der Waals surface area contributed by atoms with Gasteiger partial charge in [-0.25, -0.2) is 0 Å². The average molecular weight is 333 g/mol. The molecule has 0 rings (SSSR count). The van der Waals surface area contributed by atoms with E-state index >= 15 is 0 Å². The highest BCUT2D eigenvalue weighted by Gasteiger charge is 1.81. The fraction of sp³-hybridized carbons (Fsp3) is 1.00. The molecular formula is C6H12Cl3IO. The van der Waals surface area contributed by atoms with E-state index in [1.807, 2.05) is 23.0 Å². The third kappa shape index (κ3) is 34.2. The molecule has 0 saturated carbocycles. The molecule has 0 N–H and O–H groups in total. The van der Waals surface area contributed by atoms with Crippen molar-refractivity contribution in [2.45, 2.75) is 30.5 Å². The monoisotopic (exact) mass is 332 g/mol. The van der Waals surface area contributed by atoms with Gasteiger partial charge in [-0.3, -0.25) is 0 Å². The third-order valence-electron chi connectivity index (χ3n) is 0.825. The van der Waals surface area contributed by atoms with Gasteiger partial charge in [-0.15, -0.1) is 0 Å². The van der Waals surface area contributed by atoms with Crippen LogP contribution in [0.2, 0.25) is 0 Å². The maximum absolute atomic E-state index is 4.81. The molecule has 0 aromatic carbocycles. The Morgan fingerprint density at radius 1 is 1.27 bits per heavy atom. The van der Waals surface area contributed by atoms with Gasteiger partial charge in [0.25, 0.3) is 0 Å². The molecular weight excluding hydrogens is 321 g/mol. The minimum atomic E-state index is -0.750. The smallest absolute Gasteiger partial charge is 0.180 e. The van der Waals surface area contributed by atoms with Crippen molar-refractivity contribution in [3.63, 3.8) is 0 Å². The van der Waals surface area contributed by atoms with Crippen molar-refractivity contribution in [3.8, 4) is 0 Å². The van der Waals surface area contributed by atoms with E-state index in [0.717, 1.165) is 6.61 Å². The van der Waals surface area contributed by atoms with Crippen molar-refractivity contribution in [2.24, 2.45) is 0 Å². The summed E-state index contributed by atoms with van der Waals surface area (Å²) in [5, 5.41) is 0. The second kappa shape index (κ2) is 14.1. The summed E-state index contributed by atoms with van der Waals surface area (Å²) in [7, 11) is 0. The van der Waals surface area contributed by atoms with Gasteiger partial charge in [0.15, 0.2) is 4.30 Å². The van der Waals surface area contributed by atoms with Crippen LogP contribution < -0.4 is 0 Å². The molecule has 11 heavy (non-hydrogen) atoms. The van der Waals surface area contributed by atoms with Crippen LogP contribution >= 0.6 is 57.8 Å². The van der Waals surface area contributed by atoms with E-state index in [4.69, 9.17) is 37.9 Å². The molecule has 1 nitrogen and oxygen atoms in total. The van der Waals surface area contributed by atoms with E-state index in [0.29, 0.717) is 0 Å². The van der Waals surface area contributed by atoms with E-state index in [1.165, 1.54) is 19.3 Å². The number of rotatable bonds is 4. The van der Waals surface area contributed by atoms with Gasteiger partial charge in [-0.1, -0.05) is 54.6 Å². The summed E-state index contributed by atoms with van der Waals surface area (Å²) in [6.45, 7) is 3.10. The normalized spacial score (nSPS) is 9.27. The summed E-state index contributed by atoms with van der Waals surface area (Å²) in [5.41, 5.74) is 0. The number of unbranched alkanes of at least 4 members (excludes halogenated alkanes) is 2. The Balaban J connectivity index is 0. The lowest BCUT2D eigenvalue weighted by atomic mass is 10.3. The summed E-state index contributed by atoms with van der Waals surface area (Å²) in [6, 6.07) is 0. The van der Waals surface area contributed by atoms with E-state index in [-0.39, 0.29) is 0 Å². The lowest BCUT2D eigenvalue weighted by Crippen LogP contribution is -1.80. The molecule has 0 amide bonds. The molecule has 5 heteroatoms. The average Bonchev–Trinajstić information content (AvgIpc) is 1.88. The van der Waals surface area contributed by atoms with Gasteiger partial charge in [0.05, 0.1) is 6.61 Å². The van der Waals surface area contributed by atoms with Gasteiger partial charge >= 0.3 is 0 Å². The molecule has 0 aromatic rings. The summed E-state index contributed by atoms with van der Waals surface area (Å²) >= 11 is 16.3. The number of hydrogen-bond acceptors (Lipinski definition) is 1. The van der Waals surface area contributed by atoms with E-state index < -0.39 is 4.30 Å². The van der Waals surface area contributed by atoms with Crippen LogP contribution in [-0.2, 0) is 3.07 Å². The zero-order valence-electron chi connectivity index (χ0n) is 6.33. The summed E-state index contributed by atoms with van der Waals surface area (Å²) in [4.78, 5) is 0. The van der Waals surface area contributed by atoms with E-state index in [2.05, 4.69) is 6.92 Å². The Hall–Kier alpha value is 1.56. The van der Waals surface area contributed by atoms with Gasteiger partial charge in [-0.05, 0) is 6.42 Å². The molecule has 0 heterocycles. The molecule has 0 aliphatic heterocycles. The van der Waals surface area contributed by atoms with Crippen molar-refractivity contribution in [2.75, 3.05) is 6.61 Å². The largest absolute Gasteiger partial charge is 0.316 e. The molecule has 0 unspecified atom stereocenters. The van der Waals surface area contributed by atoms with Crippen LogP contribution in [0, 0.1) is 0 Å². The first kappa shape index (κ1) is 15.1. The minimum Gasteiger partial charge on any atom is -0.316 e. The first-order chi connectivity index (χ1) is 5.15. The van der Waals surface area contributed by atoms with Gasteiger partial charge in [0, 0.05) is 0 Å². The van der Waals surface area contributed by atoms with Crippen LogP contribution in [-0.4, -0.2) is 10.9 Å². The Morgan fingerprint density at radius 3 is 2.00 bits per heavy atom. The fourth-order valence-corrected chi connectivity index (χ4v) is 0.718. The first-order valence-corrected chi connectivity index (χ1v) is 5.49. The lowest BCUT2D eigenvalue weighted by Gasteiger charge is -1.90. The van der Waals surface area contributed by atoms with Crippen molar-refractivity contribution >= 4 is 57.8 Å². The molecule has 0 atom stereocenters. The van der Waals surface area contributed by atoms with Crippen molar-refractivity contribution < 1.29 is 3.07 Å². The predicted octanol–water partition coefficient (Wildman–Crippen LogP) is 4.53. The molecule has 0 bridgehead atoms. The number of halogens is 4. The van der Waals surface area contributed by atoms with E-state index in [9.17, 15) is 0 Å². The predicted molar refractivity (Wildman–Crippen MR) is 60.8 cm³/mol. The topological polar surface area (TPSA) is 9.23 Å². The van der Waals surface area contributed by atoms with Crippen molar-refractivity contribution in [1.29, 1.82) is 0 Å². The molecule has 0 radical (unpaired) electrons. The van der Waals surface area contributed by atoms with Gasteiger partial charge in [-0.2, -0.15) is 0 Å². The van der Waals surface area contributed by atoms with Crippen LogP contribution in [0.15, 0.2) is 0 Å². The second-order valence-electron chi connectivity index (χ2n) is 1.77. The van der Waals surface area contributed by atoms with Crippen molar-refractivity contribution in [1.82, 2.24) is 0 Å². The van der Waals surface area contributed by atoms with Crippen LogP contribution in [0.25, 0.3) is 0 Å². The highest BCUT2D eigenvalue weighted by molar-refractivity contribution is 14.1. The molecule has 0 saturated heterocycles. The molecule has 70 valence electrons. The molecule has 0 aromatic heterocycles. The highest BCUT2D eigenvalue weighted by atomic mass is 127. The summed E-state index contributed by atoms with van der Waals surface area (Å²) < 4.78 is 4.06. The minimum absolute atomic E-state index is 0.750. The van der Waals surface area contributed by atoms with Gasteiger partial charge in [0.2, 0.25) is 0 Å². The van der Waals surface area contributed by atoms with Gasteiger partial charge < -0.3 is 3.07 Å². The standard InChI is InChI=1S/C5H11IO.CHCl3/c1-2-3-4-5-7-6;2-1(3)4/h2-5H2,1H3;1H.